The number of methoxy groups -OCH3 is 1. The number of amides is 1. The minimum absolute atomic E-state index is 0.0225. The Morgan fingerprint density at radius 2 is 1.74 bits per heavy atom. The molecular weight excluding hydrogens is 516 g/mol. The highest BCUT2D eigenvalue weighted by atomic mass is 35.5. The molecule has 0 radical (unpaired) electrons. The van der Waals surface area contributed by atoms with E-state index in [1.54, 1.807) is 47.6 Å². The number of Topliss-reactive ketones (excluding diaryl/α,β-unsaturated/α-hetero) is 1. The van der Waals surface area contributed by atoms with Crippen LogP contribution in [-0.4, -0.2) is 18.8 Å². The largest absolute Gasteiger partial charge is 0.497 e. The molecule has 2 heterocycles. The first kappa shape index (κ1) is 24.5. The van der Waals surface area contributed by atoms with E-state index in [4.69, 9.17) is 16.3 Å². The Morgan fingerprint density at radius 1 is 0.974 bits per heavy atom. The summed E-state index contributed by atoms with van der Waals surface area (Å²) in [5, 5.41) is 6.12. The predicted molar refractivity (Wildman–Crippen MR) is 152 cm³/mol. The fraction of sp³-hybridized carbons (Fsp3) is 0.161. The highest BCUT2D eigenvalue weighted by molar-refractivity contribution is 7.10. The minimum Gasteiger partial charge on any atom is -0.497 e. The Morgan fingerprint density at radius 3 is 2.45 bits per heavy atom. The van der Waals surface area contributed by atoms with Crippen LogP contribution in [0.5, 0.6) is 5.75 Å². The molecule has 0 unspecified atom stereocenters. The third kappa shape index (κ3) is 4.40. The quantitative estimate of drug-likeness (QED) is 0.289. The highest BCUT2D eigenvalue weighted by Gasteiger charge is 2.42. The summed E-state index contributed by atoms with van der Waals surface area (Å²) >= 11 is 7.67. The number of benzene rings is 3. The number of halogens is 1. The molecule has 7 heteroatoms. The summed E-state index contributed by atoms with van der Waals surface area (Å²) in [6.07, 6.45) is 1.03. The maximum Gasteiger partial charge on any atom is 0.259 e. The van der Waals surface area contributed by atoms with Gasteiger partial charge in [-0.1, -0.05) is 41.9 Å². The van der Waals surface area contributed by atoms with Crippen LogP contribution < -0.4 is 15.0 Å². The number of rotatable bonds is 4. The molecular formula is C31H25ClN2O3S. The molecule has 5 nitrogen and oxygen atoms in total. The van der Waals surface area contributed by atoms with Crippen molar-refractivity contribution < 1.29 is 14.3 Å². The van der Waals surface area contributed by atoms with Crippen molar-refractivity contribution in [2.75, 3.05) is 17.3 Å². The van der Waals surface area contributed by atoms with E-state index in [1.165, 1.54) is 0 Å². The summed E-state index contributed by atoms with van der Waals surface area (Å²) < 4.78 is 5.32. The molecule has 1 N–H and O–H groups in total. The van der Waals surface area contributed by atoms with Crippen LogP contribution >= 0.6 is 22.9 Å². The van der Waals surface area contributed by atoms with Crippen LogP contribution in [0.25, 0.3) is 0 Å². The van der Waals surface area contributed by atoms with Crippen LogP contribution in [0.3, 0.4) is 0 Å². The standard InChI is InChI=1S/C31H25ClN2O3S/c1-37-23-14-10-19(11-15-23)21-17-25-29(27(35)18-21)30(28-7-4-16-38-28)34(26-6-3-2-5-24(26)33-25)31(36)20-8-12-22(32)13-9-20/h2-16,21,30,33H,17-18H2,1H3/t21-,30+/m1/s1. The van der Waals surface area contributed by atoms with Crippen molar-refractivity contribution in [2.24, 2.45) is 0 Å². The fourth-order valence-electron chi connectivity index (χ4n) is 5.37. The summed E-state index contributed by atoms with van der Waals surface area (Å²) in [6.45, 7) is 0. The van der Waals surface area contributed by atoms with Crippen molar-refractivity contribution >= 4 is 46.0 Å². The zero-order valence-corrected chi connectivity index (χ0v) is 22.3. The van der Waals surface area contributed by atoms with Gasteiger partial charge in [0, 0.05) is 33.2 Å². The zero-order chi connectivity index (χ0) is 26.2. The van der Waals surface area contributed by atoms with Crippen LogP contribution in [0.2, 0.25) is 5.02 Å². The average molecular weight is 541 g/mol. The molecule has 1 aromatic heterocycles. The van der Waals surface area contributed by atoms with Crippen molar-refractivity contribution in [3.05, 3.63) is 123 Å². The second-order valence-electron chi connectivity index (χ2n) is 9.44. The van der Waals surface area contributed by atoms with E-state index in [0.717, 1.165) is 33.3 Å². The van der Waals surface area contributed by atoms with Gasteiger partial charge in [-0.2, -0.15) is 0 Å². The van der Waals surface area contributed by atoms with Crippen molar-refractivity contribution in [2.45, 2.75) is 24.8 Å². The van der Waals surface area contributed by atoms with E-state index in [2.05, 4.69) is 5.32 Å². The number of fused-ring (bicyclic) bond motifs is 1. The molecule has 0 saturated carbocycles. The van der Waals surface area contributed by atoms with Gasteiger partial charge in [0.05, 0.1) is 18.5 Å². The molecule has 2 aliphatic rings. The summed E-state index contributed by atoms with van der Waals surface area (Å²) in [5.74, 6) is 0.661. The Kier molecular flexibility index (Phi) is 6.52. The second kappa shape index (κ2) is 10.1. The number of carbonyl (C=O) groups is 2. The lowest BCUT2D eigenvalue weighted by atomic mass is 9.79. The monoisotopic (exact) mass is 540 g/mol. The zero-order valence-electron chi connectivity index (χ0n) is 20.7. The normalized spacial score (nSPS) is 18.8. The summed E-state index contributed by atoms with van der Waals surface area (Å²) in [5.41, 5.74) is 4.63. The van der Waals surface area contributed by atoms with Crippen LogP contribution in [0.1, 0.15) is 45.6 Å². The number of allylic oxidation sites excluding steroid dienone is 1. The maximum atomic E-state index is 14.2. The van der Waals surface area contributed by atoms with Crippen molar-refractivity contribution in [3.63, 3.8) is 0 Å². The van der Waals surface area contributed by atoms with Gasteiger partial charge < -0.3 is 10.1 Å². The molecule has 0 spiro atoms. The summed E-state index contributed by atoms with van der Waals surface area (Å²) in [7, 11) is 1.64. The lowest BCUT2D eigenvalue weighted by Crippen LogP contribution is -2.38. The molecule has 6 rings (SSSR count). The molecule has 38 heavy (non-hydrogen) atoms. The Bertz CT molecular complexity index is 1530. The molecule has 0 saturated heterocycles. The molecule has 4 aromatic rings. The third-order valence-corrected chi connectivity index (χ3v) is 8.38. The highest BCUT2D eigenvalue weighted by Crippen LogP contribution is 2.48. The van der Waals surface area contributed by atoms with Crippen molar-refractivity contribution in [1.82, 2.24) is 0 Å². The Labute approximate surface area is 230 Å². The molecule has 0 fully saturated rings. The predicted octanol–water partition coefficient (Wildman–Crippen LogP) is 7.62. The van der Waals surface area contributed by atoms with Gasteiger partial charge in [-0.3, -0.25) is 14.5 Å². The lowest BCUT2D eigenvalue weighted by Gasteiger charge is -2.34. The van der Waals surface area contributed by atoms with Crippen LogP contribution in [0.15, 0.2) is 102 Å². The minimum atomic E-state index is -0.548. The topological polar surface area (TPSA) is 58.6 Å². The third-order valence-electron chi connectivity index (χ3n) is 7.20. The number of ketones is 1. The van der Waals surface area contributed by atoms with E-state index < -0.39 is 6.04 Å². The smallest absolute Gasteiger partial charge is 0.259 e. The molecule has 3 aromatic carbocycles. The lowest BCUT2D eigenvalue weighted by molar-refractivity contribution is -0.116. The number of anilines is 2. The van der Waals surface area contributed by atoms with Gasteiger partial charge in [0.15, 0.2) is 5.78 Å². The van der Waals surface area contributed by atoms with E-state index >= 15 is 0 Å². The molecule has 2 atom stereocenters. The van der Waals surface area contributed by atoms with E-state index in [-0.39, 0.29) is 17.6 Å². The number of hydrogen-bond acceptors (Lipinski definition) is 5. The molecule has 190 valence electrons. The molecule has 1 aliphatic carbocycles. The summed E-state index contributed by atoms with van der Waals surface area (Å²) in [4.78, 5) is 30.9. The SMILES string of the molecule is COc1ccc([C@H]2CC(=O)C3=C(C2)Nc2ccccc2N(C(=O)c2ccc(Cl)cc2)[C@H]3c2cccs2)cc1. The first-order chi connectivity index (χ1) is 18.5. The van der Waals surface area contributed by atoms with Gasteiger partial charge in [0.25, 0.3) is 5.91 Å². The molecule has 1 aliphatic heterocycles. The first-order valence-electron chi connectivity index (χ1n) is 12.4. The Hall–Kier alpha value is -3.87. The van der Waals surface area contributed by atoms with Gasteiger partial charge in [0.2, 0.25) is 0 Å². The van der Waals surface area contributed by atoms with E-state index in [9.17, 15) is 9.59 Å². The number of thiophene rings is 1. The van der Waals surface area contributed by atoms with Crippen molar-refractivity contribution in [1.29, 1.82) is 0 Å². The van der Waals surface area contributed by atoms with Crippen LogP contribution in [-0.2, 0) is 4.79 Å². The number of nitrogens with zero attached hydrogens (tertiary/aromatic N) is 1. The van der Waals surface area contributed by atoms with Gasteiger partial charge in [0.1, 0.15) is 11.8 Å². The number of ether oxygens (including phenoxy) is 1. The van der Waals surface area contributed by atoms with E-state index in [1.807, 2.05) is 66.0 Å². The van der Waals surface area contributed by atoms with Crippen molar-refractivity contribution in [3.8, 4) is 5.75 Å². The van der Waals surface area contributed by atoms with Gasteiger partial charge >= 0.3 is 0 Å². The van der Waals surface area contributed by atoms with Gasteiger partial charge in [-0.25, -0.2) is 0 Å². The average Bonchev–Trinajstić information content (AvgIpc) is 3.43. The maximum absolute atomic E-state index is 14.2. The van der Waals surface area contributed by atoms with Crippen LogP contribution in [0, 0.1) is 0 Å². The van der Waals surface area contributed by atoms with Crippen LogP contribution in [0.4, 0.5) is 11.4 Å². The fourth-order valence-corrected chi connectivity index (χ4v) is 6.32. The number of hydrogen-bond donors (Lipinski definition) is 1. The molecule has 0 bridgehead atoms. The number of carbonyl (C=O) groups excluding carboxylic acids is 2. The molecule has 1 amide bonds. The Balaban J connectivity index is 1.50. The van der Waals surface area contributed by atoms with Gasteiger partial charge in [-0.05, 0) is 77.9 Å². The van der Waals surface area contributed by atoms with Gasteiger partial charge in [-0.15, -0.1) is 11.3 Å². The summed E-state index contributed by atoms with van der Waals surface area (Å²) in [6, 6.07) is 26.0. The first-order valence-corrected chi connectivity index (χ1v) is 13.7. The second-order valence-corrected chi connectivity index (χ2v) is 10.9. The number of nitrogens with one attached hydrogen (secondary N) is 1. The van der Waals surface area contributed by atoms with E-state index in [0.29, 0.717) is 29.0 Å². The number of para-hydroxylation sites is 2.